The number of methoxy groups -OCH3 is 2. The Bertz CT molecular complexity index is 1360. The van der Waals surface area contributed by atoms with Crippen molar-refractivity contribution in [3.05, 3.63) is 63.9 Å². The van der Waals surface area contributed by atoms with Crippen LogP contribution in [0.4, 0.5) is 27.1 Å². The maximum atomic E-state index is 14.1. The van der Waals surface area contributed by atoms with Crippen LogP contribution in [0.25, 0.3) is 0 Å². The third-order valence-corrected chi connectivity index (χ3v) is 9.24. The van der Waals surface area contributed by atoms with E-state index in [1.807, 2.05) is 16.3 Å². The van der Waals surface area contributed by atoms with E-state index in [-0.39, 0.29) is 25.9 Å². The number of halogens is 5. The lowest BCUT2D eigenvalue weighted by molar-refractivity contribution is 0.356. The average molecular weight is 549 g/mol. The maximum Gasteiger partial charge on any atom is 0.200 e. The van der Waals surface area contributed by atoms with Gasteiger partial charge in [-0.2, -0.15) is 0 Å². The number of hydrogen-bond acceptors (Lipinski definition) is 7. The van der Waals surface area contributed by atoms with E-state index >= 15 is 0 Å². The molecule has 0 bridgehead atoms. The van der Waals surface area contributed by atoms with Gasteiger partial charge in [0.15, 0.2) is 38.2 Å². The van der Waals surface area contributed by atoms with Crippen LogP contribution >= 0.6 is 11.3 Å². The number of anilines is 1. The highest BCUT2D eigenvalue weighted by molar-refractivity contribution is 7.92. The van der Waals surface area contributed by atoms with Gasteiger partial charge in [-0.1, -0.05) is 6.07 Å². The Kier molecular flexibility index (Phi) is 7.41. The summed E-state index contributed by atoms with van der Waals surface area (Å²) in [5.41, 5.74) is 1.65. The number of ether oxygens (including phenoxy) is 2. The average Bonchev–Trinajstić information content (AvgIpc) is 3.35. The Balaban J connectivity index is 1.47. The molecule has 0 amide bonds. The number of benzene rings is 2. The summed E-state index contributed by atoms with van der Waals surface area (Å²) in [6.45, 7) is 0.357. The lowest BCUT2D eigenvalue weighted by atomic mass is 10.1. The zero-order valence-electron chi connectivity index (χ0n) is 19.2. The number of hydrogen-bond donors (Lipinski definition) is 0. The molecule has 0 radical (unpaired) electrons. The lowest BCUT2D eigenvalue weighted by Crippen LogP contribution is -2.40. The topological polar surface area (TPSA) is 68.7 Å². The minimum absolute atomic E-state index is 0.0664. The van der Waals surface area contributed by atoms with Crippen molar-refractivity contribution in [3.8, 4) is 11.5 Å². The van der Waals surface area contributed by atoms with Gasteiger partial charge >= 0.3 is 0 Å². The van der Waals surface area contributed by atoms with Gasteiger partial charge in [0, 0.05) is 36.5 Å². The molecule has 1 saturated heterocycles. The highest BCUT2D eigenvalue weighted by atomic mass is 32.2. The Morgan fingerprint density at radius 2 is 1.58 bits per heavy atom. The molecule has 0 spiro atoms. The van der Waals surface area contributed by atoms with E-state index in [9.17, 15) is 30.4 Å². The van der Waals surface area contributed by atoms with Crippen molar-refractivity contribution in [3.63, 3.8) is 0 Å². The minimum Gasteiger partial charge on any atom is -0.497 e. The van der Waals surface area contributed by atoms with E-state index < -0.39 is 49.1 Å². The second-order valence-corrected chi connectivity index (χ2v) is 11.1. The number of sulfone groups is 1. The molecule has 0 N–H and O–H groups in total. The molecule has 2 aromatic carbocycles. The van der Waals surface area contributed by atoms with Crippen molar-refractivity contribution < 1.29 is 39.8 Å². The van der Waals surface area contributed by atoms with Gasteiger partial charge in [-0.3, -0.25) is 0 Å². The van der Waals surface area contributed by atoms with Crippen LogP contribution in [0, 0.1) is 29.1 Å². The van der Waals surface area contributed by atoms with Crippen LogP contribution in [0.2, 0.25) is 0 Å². The molecule has 1 fully saturated rings. The number of nitrogens with zero attached hydrogens (tertiary/aromatic N) is 2. The fourth-order valence-electron chi connectivity index (χ4n) is 4.07. The monoisotopic (exact) mass is 548 g/mol. The standard InChI is InChI=1S/C23H21F5N2O4S2/c1-33-14-4-3-12(16(10-14)34-2)9-13-11-35-23(29-13)30-7-5-15(6-8-30)36(31,32)22-20(27)18(25)17(24)19(26)21(22)28/h3-4,10-11,15H,5-9H2,1-2H3. The Morgan fingerprint density at radius 3 is 2.17 bits per heavy atom. The van der Waals surface area contributed by atoms with E-state index in [2.05, 4.69) is 4.98 Å². The van der Waals surface area contributed by atoms with Crippen LogP contribution in [-0.2, 0) is 16.3 Å². The molecule has 1 aliphatic heterocycles. The van der Waals surface area contributed by atoms with Crippen molar-refractivity contribution in [2.24, 2.45) is 0 Å². The Labute approximate surface area is 208 Å². The highest BCUT2D eigenvalue weighted by Gasteiger charge is 2.39. The molecule has 1 aliphatic rings. The summed E-state index contributed by atoms with van der Waals surface area (Å²) < 4.78 is 105. The second kappa shape index (κ2) is 10.2. The lowest BCUT2D eigenvalue weighted by Gasteiger charge is -2.31. The van der Waals surface area contributed by atoms with Crippen molar-refractivity contribution in [1.82, 2.24) is 4.98 Å². The molecule has 6 nitrogen and oxygen atoms in total. The first-order chi connectivity index (χ1) is 17.1. The minimum atomic E-state index is -4.80. The fraction of sp³-hybridized carbons (Fsp3) is 0.348. The summed E-state index contributed by atoms with van der Waals surface area (Å²) in [6, 6.07) is 5.44. The smallest absolute Gasteiger partial charge is 0.200 e. The molecule has 13 heteroatoms. The van der Waals surface area contributed by atoms with Gasteiger partial charge in [0.05, 0.1) is 25.2 Å². The molecule has 0 atom stereocenters. The van der Waals surface area contributed by atoms with Crippen LogP contribution in [0.1, 0.15) is 24.1 Å². The summed E-state index contributed by atoms with van der Waals surface area (Å²) in [5.74, 6) is -10.4. The van der Waals surface area contributed by atoms with E-state index in [4.69, 9.17) is 9.47 Å². The third-order valence-electron chi connectivity index (χ3n) is 6.01. The van der Waals surface area contributed by atoms with Gasteiger partial charge < -0.3 is 14.4 Å². The van der Waals surface area contributed by atoms with Crippen LogP contribution in [0.5, 0.6) is 11.5 Å². The molecule has 0 aliphatic carbocycles. The first-order valence-corrected chi connectivity index (χ1v) is 13.2. The van der Waals surface area contributed by atoms with Gasteiger partial charge in [0.2, 0.25) is 5.82 Å². The molecule has 0 unspecified atom stereocenters. The predicted molar refractivity (Wildman–Crippen MR) is 123 cm³/mol. The fourth-order valence-corrected chi connectivity index (χ4v) is 6.80. The summed E-state index contributed by atoms with van der Waals surface area (Å²) in [6.07, 6.45) is 0.348. The SMILES string of the molecule is COc1ccc(Cc2csc(N3CCC(S(=O)(=O)c4c(F)c(F)c(F)c(F)c4F)CC3)n2)c(OC)c1. The largest absolute Gasteiger partial charge is 0.497 e. The van der Waals surface area contributed by atoms with Gasteiger partial charge in [0.1, 0.15) is 16.4 Å². The van der Waals surface area contributed by atoms with Crippen LogP contribution < -0.4 is 14.4 Å². The zero-order valence-corrected chi connectivity index (χ0v) is 20.8. The highest BCUT2D eigenvalue weighted by Crippen LogP contribution is 2.34. The van der Waals surface area contributed by atoms with Crippen LogP contribution in [0.15, 0.2) is 28.5 Å². The summed E-state index contributed by atoms with van der Waals surface area (Å²) in [4.78, 5) is 4.65. The first kappa shape index (κ1) is 26.1. The van der Waals surface area contributed by atoms with E-state index in [1.165, 1.54) is 11.3 Å². The molecule has 1 aromatic heterocycles. The van der Waals surface area contributed by atoms with Crippen LogP contribution in [-0.4, -0.2) is 46.0 Å². The summed E-state index contributed by atoms with van der Waals surface area (Å²) in [7, 11) is -1.70. The van der Waals surface area contributed by atoms with Crippen molar-refractivity contribution in [2.45, 2.75) is 29.4 Å². The van der Waals surface area contributed by atoms with Crippen molar-refractivity contribution in [1.29, 1.82) is 0 Å². The molecule has 194 valence electrons. The molecule has 2 heterocycles. The zero-order chi connectivity index (χ0) is 26.2. The van der Waals surface area contributed by atoms with E-state index in [0.29, 0.717) is 23.1 Å². The molecule has 0 saturated carbocycles. The second-order valence-electron chi connectivity index (χ2n) is 8.11. The quantitative estimate of drug-likeness (QED) is 0.181. The number of thiazole rings is 1. The molecular weight excluding hydrogens is 527 g/mol. The van der Waals surface area contributed by atoms with Gasteiger partial charge in [0.25, 0.3) is 0 Å². The molecule has 3 aromatic rings. The maximum absolute atomic E-state index is 14.1. The van der Waals surface area contributed by atoms with Crippen LogP contribution in [0.3, 0.4) is 0 Å². The number of aromatic nitrogens is 1. The normalized spacial score (nSPS) is 14.8. The number of rotatable bonds is 7. The molecule has 4 rings (SSSR count). The Hall–Kier alpha value is -2.93. The summed E-state index contributed by atoms with van der Waals surface area (Å²) >= 11 is 1.35. The van der Waals surface area contributed by atoms with Gasteiger partial charge in [-0.15, -0.1) is 11.3 Å². The Morgan fingerprint density at radius 1 is 0.972 bits per heavy atom. The molecule has 36 heavy (non-hydrogen) atoms. The molecular formula is C23H21F5N2O4S2. The van der Waals surface area contributed by atoms with Gasteiger partial charge in [-0.05, 0) is 18.9 Å². The number of piperidine rings is 1. The predicted octanol–water partition coefficient (Wildman–Crippen LogP) is 4.89. The van der Waals surface area contributed by atoms with E-state index in [0.717, 1.165) is 11.3 Å². The van der Waals surface area contributed by atoms with Crippen molar-refractivity contribution >= 4 is 26.3 Å². The van der Waals surface area contributed by atoms with E-state index in [1.54, 1.807) is 26.4 Å². The first-order valence-electron chi connectivity index (χ1n) is 10.7. The van der Waals surface area contributed by atoms with Crippen molar-refractivity contribution in [2.75, 3.05) is 32.2 Å². The van der Waals surface area contributed by atoms with Gasteiger partial charge in [-0.25, -0.2) is 35.4 Å². The summed E-state index contributed by atoms with van der Waals surface area (Å²) in [5, 5.41) is 1.19. The third kappa shape index (κ3) is 4.73.